The summed E-state index contributed by atoms with van der Waals surface area (Å²) >= 11 is 0. The fraction of sp³-hybridized carbons (Fsp3) is 0.250. The van der Waals surface area contributed by atoms with E-state index >= 15 is 0 Å². The molecule has 0 atom stereocenters. The van der Waals surface area contributed by atoms with Gasteiger partial charge in [0.25, 0.3) is 5.91 Å². The van der Waals surface area contributed by atoms with Crippen molar-refractivity contribution in [3.8, 4) is 0 Å². The van der Waals surface area contributed by atoms with Crippen LogP contribution in [-0.4, -0.2) is 37.2 Å². The number of fused-ring (bicyclic) bond motifs is 1. The third-order valence-electron chi connectivity index (χ3n) is 4.52. The summed E-state index contributed by atoms with van der Waals surface area (Å²) in [5.74, 6) is -0.132. The molecule has 3 aromatic rings. The van der Waals surface area contributed by atoms with Gasteiger partial charge in [0, 0.05) is 35.4 Å². The number of nitrogens with zero attached hydrogens (tertiary/aromatic N) is 1. The van der Waals surface area contributed by atoms with Gasteiger partial charge in [-0.25, -0.2) is 0 Å². The Morgan fingerprint density at radius 3 is 2.60 bits per heavy atom. The number of H-pyrrole nitrogens is 1. The number of rotatable bonds is 3. The van der Waals surface area contributed by atoms with E-state index in [9.17, 15) is 4.79 Å². The summed E-state index contributed by atoms with van der Waals surface area (Å²) in [7, 11) is 0. The van der Waals surface area contributed by atoms with Gasteiger partial charge >= 0.3 is 0 Å². The van der Waals surface area contributed by atoms with Crippen LogP contribution in [0, 0.1) is 6.92 Å². The molecule has 1 aliphatic heterocycles. The van der Waals surface area contributed by atoms with Crippen LogP contribution in [0.2, 0.25) is 0 Å². The largest absolute Gasteiger partial charge is 0.378 e. The number of aromatic amines is 1. The molecule has 25 heavy (non-hydrogen) atoms. The minimum atomic E-state index is -0.132. The van der Waals surface area contributed by atoms with Crippen LogP contribution in [0.1, 0.15) is 16.1 Å². The summed E-state index contributed by atoms with van der Waals surface area (Å²) in [4.78, 5) is 17.9. The standard InChI is InChI=1S/C20H21N3O2/c1-14-2-7-18-15(12-14)13-19(22-18)20(24)21-16-3-5-17(6-4-16)23-8-10-25-11-9-23/h2-7,12-13,22H,8-11H2,1H3,(H,21,24). The molecule has 2 N–H and O–H groups in total. The molecule has 128 valence electrons. The van der Waals surface area contributed by atoms with Crippen LogP contribution < -0.4 is 10.2 Å². The zero-order valence-corrected chi connectivity index (χ0v) is 14.2. The summed E-state index contributed by atoms with van der Waals surface area (Å²) in [6.45, 7) is 5.37. The van der Waals surface area contributed by atoms with Crippen molar-refractivity contribution in [2.75, 3.05) is 36.5 Å². The van der Waals surface area contributed by atoms with E-state index in [1.807, 2.05) is 49.4 Å². The van der Waals surface area contributed by atoms with Gasteiger partial charge in [-0.2, -0.15) is 0 Å². The molecule has 1 aromatic heterocycles. The van der Waals surface area contributed by atoms with Crippen molar-refractivity contribution < 1.29 is 9.53 Å². The highest BCUT2D eigenvalue weighted by molar-refractivity contribution is 6.06. The molecular weight excluding hydrogens is 314 g/mol. The van der Waals surface area contributed by atoms with Crippen molar-refractivity contribution in [3.63, 3.8) is 0 Å². The van der Waals surface area contributed by atoms with Crippen LogP contribution in [0.3, 0.4) is 0 Å². The molecule has 0 aliphatic carbocycles. The average molecular weight is 335 g/mol. The Balaban J connectivity index is 1.47. The van der Waals surface area contributed by atoms with Crippen LogP contribution in [0.15, 0.2) is 48.5 Å². The highest BCUT2D eigenvalue weighted by Gasteiger charge is 2.12. The van der Waals surface area contributed by atoms with Crippen molar-refractivity contribution in [1.82, 2.24) is 4.98 Å². The van der Waals surface area contributed by atoms with Gasteiger partial charge in [0.2, 0.25) is 0 Å². The van der Waals surface area contributed by atoms with Gasteiger partial charge in [0.05, 0.1) is 13.2 Å². The number of aromatic nitrogens is 1. The first kappa shape index (κ1) is 15.7. The molecule has 0 bridgehead atoms. The van der Waals surface area contributed by atoms with Crippen LogP contribution in [0.25, 0.3) is 10.9 Å². The minimum absolute atomic E-state index is 0.132. The quantitative estimate of drug-likeness (QED) is 0.769. The summed E-state index contributed by atoms with van der Waals surface area (Å²) in [6, 6.07) is 15.9. The Bertz CT molecular complexity index is 893. The number of amides is 1. The van der Waals surface area contributed by atoms with Crippen molar-refractivity contribution in [1.29, 1.82) is 0 Å². The maximum atomic E-state index is 12.5. The van der Waals surface area contributed by atoms with E-state index in [2.05, 4.69) is 21.3 Å². The highest BCUT2D eigenvalue weighted by atomic mass is 16.5. The molecule has 5 nitrogen and oxygen atoms in total. The predicted molar refractivity (Wildman–Crippen MR) is 100 cm³/mol. The van der Waals surface area contributed by atoms with Crippen molar-refractivity contribution in [2.24, 2.45) is 0 Å². The molecule has 1 amide bonds. The van der Waals surface area contributed by atoms with E-state index in [-0.39, 0.29) is 5.91 Å². The van der Waals surface area contributed by atoms with Crippen LogP contribution in [0.4, 0.5) is 11.4 Å². The van der Waals surface area contributed by atoms with Gasteiger partial charge in [-0.1, -0.05) is 11.6 Å². The molecule has 0 saturated carbocycles. The lowest BCUT2D eigenvalue weighted by Crippen LogP contribution is -2.36. The number of carbonyl (C=O) groups excluding carboxylic acids is 1. The summed E-state index contributed by atoms with van der Waals surface area (Å²) in [5, 5.41) is 4.00. The molecule has 1 saturated heterocycles. The van der Waals surface area contributed by atoms with Gasteiger partial charge in [-0.05, 0) is 49.4 Å². The Morgan fingerprint density at radius 2 is 1.84 bits per heavy atom. The third kappa shape index (κ3) is 3.37. The fourth-order valence-corrected chi connectivity index (χ4v) is 3.15. The van der Waals surface area contributed by atoms with E-state index in [0.717, 1.165) is 48.6 Å². The number of benzene rings is 2. The smallest absolute Gasteiger partial charge is 0.272 e. The minimum Gasteiger partial charge on any atom is -0.378 e. The van der Waals surface area contributed by atoms with Gasteiger partial charge in [0.1, 0.15) is 5.69 Å². The van der Waals surface area contributed by atoms with E-state index in [1.165, 1.54) is 5.56 Å². The predicted octanol–water partition coefficient (Wildman–Crippen LogP) is 3.57. The van der Waals surface area contributed by atoms with E-state index in [1.54, 1.807) is 0 Å². The number of carbonyl (C=O) groups is 1. The molecule has 0 unspecified atom stereocenters. The number of hydrogen-bond acceptors (Lipinski definition) is 3. The SMILES string of the molecule is Cc1ccc2[nH]c(C(=O)Nc3ccc(N4CCOCC4)cc3)cc2c1. The Kier molecular flexibility index (Phi) is 4.15. The lowest BCUT2D eigenvalue weighted by Gasteiger charge is -2.28. The van der Waals surface area contributed by atoms with E-state index in [4.69, 9.17) is 4.74 Å². The second-order valence-electron chi connectivity index (χ2n) is 6.37. The van der Waals surface area contributed by atoms with Gasteiger partial charge in [-0.15, -0.1) is 0 Å². The Morgan fingerprint density at radius 1 is 1.08 bits per heavy atom. The Hall–Kier alpha value is -2.79. The topological polar surface area (TPSA) is 57.4 Å². The monoisotopic (exact) mass is 335 g/mol. The number of ether oxygens (including phenoxy) is 1. The zero-order chi connectivity index (χ0) is 17.2. The maximum Gasteiger partial charge on any atom is 0.272 e. The van der Waals surface area contributed by atoms with Crippen LogP contribution in [0.5, 0.6) is 0 Å². The number of anilines is 2. The molecular formula is C20H21N3O2. The molecule has 0 spiro atoms. The summed E-state index contributed by atoms with van der Waals surface area (Å²) in [5.41, 5.74) is 4.66. The second kappa shape index (κ2) is 6.61. The number of aryl methyl sites for hydroxylation is 1. The highest BCUT2D eigenvalue weighted by Crippen LogP contribution is 2.21. The molecule has 5 heteroatoms. The van der Waals surface area contributed by atoms with Crippen molar-refractivity contribution in [2.45, 2.75) is 6.92 Å². The molecule has 1 fully saturated rings. The summed E-state index contributed by atoms with van der Waals surface area (Å²) < 4.78 is 5.38. The Labute approximate surface area is 146 Å². The van der Waals surface area contributed by atoms with Gasteiger partial charge in [-0.3, -0.25) is 4.79 Å². The van der Waals surface area contributed by atoms with Crippen molar-refractivity contribution >= 4 is 28.2 Å². The number of morpholine rings is 1. The van der Waals surface area contributed by atoms with Crippen LogP contribution >= 0.6 is 0 Å². The molecule has 2 heterocycles. The molecule has 2 aromatic carbocycles. The summed E-state index contributed by atoms with van der Waals surface area (Å²) in [6.07, 6.45) is 0. The lowest BCUT2D eigenvalue weighted by atomic mass is 10.2. The lowest BCUT2D eigenvalue weighted by molar-refractivity contribution is 0.102. The normalized spacial score (nSPS) is 14.7. The molecule has 1 aliphatic rings. The van der Waals surface area contributed by atoms with Crippen LogP contribution in [-0.2, 0) is 4.74 Å². The molecule has 0 radical (unpaired) electrons. The maximum absolute atomic E-state index is 12.5. The average Bonchev–Trinajstić information content (AvgIpc) is 3.06. The van der Waals surface area contributed by atoms with Gasteiger partial charge < -0.3 is 19.9 Å². The third-order valence-corrected chi connectivity index (χ3v) is 4.52. The fourth-order valence-electron chi connectivity index (χ4n) is 3.15. The zero-order valence-electron chi connectivity index (χ0n) is 14.2. The second-order valence-corrected chi connectivity index (χ2v) is 6.37. The molecule has 4 rings (SSSR count). The van der Waals surface area contributed by atoms with Crippen molar-refractivity contribution in [3.05, 3.63) is 59.8 Å². The van der Waals surface area contributed by atoms with E-state index in [0.29, 0.717) is 5.69 Å². The first-order valence-electron chi connectivity index (χ1n) is 8.52. The number of hydrogen-bond donors (Lipinski definition) is 2. The first-order valence-corrected chi connectivity index (χ1v) is 8.52. The van der Waals surface area contributed by atoms with E-state index < -0.39 is 0 Å². The van der Waals surface area contributed by atoms with Gasteiger partial charge in [0.15, 0.2) is 0 Å². The first-order chi connectivity index (χ1) is 12.2. The number of nitrogens with one attached hydrogen (secondary N) is 2.